The average molecular weight is 228 g/mol. The number of hydrogen-bond acceptors (Lipinski definition) is 4. The highest BCUT2D eigenvalue weighted by Crippen LogP contribution is 2.15. The standard InChI is InChI=1S/C13H12N2O2/c1-9-4-3-5-15-12(9)13(16)10-6-11(17-2)8-14-7-10/h3-8H,1-2H3. The Kier molecular flexibility index (Phi) is 3.14. The second kappa shape index (κ2) is 4.74. The number of ketones is 1. The monoisotopic (exact) mass is 228 g/mol. The molecule has 0 N–H and O–H groups in total. The largest absolute Gasteiger partial charge is 0.495 e. The van der Waals surface area contributed by atoms with Gasteiger partial charge < -0.3 is 4.74 Å². The van der Waals surface area contributed by atoms with E-state index in [1.807, 2.05) is 13.0 Å². The number of hydrogen-bond donors (Lipinski definition) is 0. The van der Waals surface area contributed by atoms with Crippen molar-refractivity contribution in [2.75, 3.05) is 7.11 Å². The van der Waals surface area contributed by atoms with E-state index in [0.29, 0.717) is 17.0 Å². The van der Waals surface area contributed by atoms with Gasteiger partial charge in [0.15, 0.2) is 0 Å². The third-order valence-corrected chi connectivity index (χ3v) is 2.44. The summed E-state index contributed by atoms with van der Waals surface area (Å²) in [5, 5.41) is 0. The molecule has 86 valence electrons. The molecule has 2 aromatic heterocycles. The molecule has 0 amide bonds. The number of methoxy groups -OCH3 is 1. The van der Waals surface area contributed by atoms with Crippen LogP contribution in [0.4, 0.5) is 0 Å². The summed E-state index contributed by atoms with van der Waals surface area (Å²) in [7, 11) is 1.54. The zero-order valence-electron chi connectivity index (χ0n) is 9.68. The summed E-state index contributed by atoms with van der Waals surface area (Å²) in [5.74, 6) is 0.416. The molecular weight excluding hydrogens is 216 g/mol. The maximum absolute atomic E-state index is 12.2. The zero-order valence-corrected chi connectivity index (χ0v) is 9.68. The molecule has 2 heterocycles. The van der Waals surface area contributed by atoms with Gasteiger partial charge in [-0.25, -0.2) is 0 Å². The molecule has 0 saturated carbocycles. The molecule has 4 heteroatoms. The topological polar surface area (TPSA) is 52.1 Å². The Morgan fingerprint density at radius 3 is 2.88 bits per heavy atom. The summed E-state index contributed by atoms with van der Waals surface area (Å²) in [6, 6.07) is 5.31. The van der Waals surface area contributed by atoms with Crippen LogP contribution in [-0.2, 0) is 0 Å². The summed E-state index contributed by atoms with van der Waals surface area (Å²) < 4.78 is 5.04. The van der Waals surface area contributed by atoms with E-state index in [-0.39, 0.29) is 5.78 Å². The van der Waals surface area contributed by atoms with E-state index in [1.165, 1.54) is 13.3 Å². The highest BCUT2D eigenvalue weighted by atomic mass is 16.5. The van der Waals surface area contributed by atoms with Crippen molar-refractivity contribution in [3.63, 3.8) is 0 Å². The Balaban J connectivity index is 2.40. The fourth-order valence-corrected chi connectivity index (χ4v) is 1.51. The van der Waals surface area contributed by atoms with Crippen LogP contribution in [0, 0.1) is 6.92 Å². The zero-order chi connectivity index (χ0) is 12.3. The lowest BCUT2D eigenvalue weighted by atomic mass is 10.1. The smallest absolute Gasteiger partial charge is 0.213 e. The number of aromatic nitrogens is 2. The first-order chi connectivity index (χ1) is 8.22. The van der Waals surface area contributed by atoms with Crippen LogP contribution in [0.15, 0.2) is 36.8 Å². The molecule has 0 fully saturated rings. The molecule has 0 saturated heterocycles. The van der Waals surface area contributed by atoms with Crippen LogP contribution in [-0.4, -0.2) is 22.9 Å². The molecule has 2 aromatic rings. The fourth-order valence-electron chi connectivity index (χ4n) is 1.51. The minimum Gasteiger partial charge on any atom is -0.495 e. The van der Waals surface area contributed by atoms with E-state index >= 15 is 0 Å². The van der Waals surface area contributed by atoms with E-state index in [4.69, 9.17) is 4.74 Å². The van der Waals surface area contributed by atoms with Crippen LogP contribution >= 0.6 is 0 Å². The van der Waals surface area contributed by atoms with Gasteiger partial charge in [-0.05, 0) is 24.6 Å². The molecular formula is C13H12N2O2. The normalized spacial score (nSPS) is 10.0. The highest BCUT2D eigenvalue weighted by molar-refractivity contribution is 6.08. The average Bonchev–Trinajstić information content (AvgIpc) is 2.38. The predicted molar refractivity (Wildman–Crippen MR) is 63.2 cm³/mol. The molecule has 0 aliphatic rings. The van der Waals surface area contributed by atoms with Crippen molar-refractivity contribution in [3.8, 4) is 5.75 Å². The van der Waals surface area contributed by atoms with Crippen LogP contribution < -0.4 is 4.74 Å². The van der Waals surface area contributed by atoms with Gasteiger partial charge in [-0.3, -0.25) is 14.8 Å². The Bertz CT molecular complexity index is 553. The maximum atomic E-state index is 12.2. The first-order valence-corrected chi connectivity index (χ1v) is 5.17. The third-order valence-electron chi connectivity index (χ3n) is 2.44. The van der Waals surface area contributed by atoms with Gasteiger partial charge in [-0.1, -0.05) is 6.07 Å². The van der Waals surface area contributed by atoms with Crippen molar-refractivity contribution in [1.29, 1.82) is 0 Å². The lowest BCUT2D eigenvalue weighted by Crippen LogP contribution is -2.06. The Hall–Kier alpha value is -2.23. The van der Waals surface area contributed by atoms with Crippen LogP contribution in [0.1, 0.15) is 21.6 Å². The molecule has 0 radical (unpaired) electrons. The number of carbonyl (C=O) groups is 1. The second-order valence-corrected chi connectivity index (χ2v) is 3.61. The SMILES string of the molecule is COc1cncc(C(=O)c2ncccc2C)c1. The molecule has 0 bridgehead atoms. The van der Waals surface area contributed by atoms with Gasteiger partial charge in [0.2, 0.25) is 5.78 Å². The number of carbonyl (C=O) groups excluding carboxylic acids is 1. The van der Waals surface area contributed by atoms with E-state index in [9.17, 15) is 4.79 Å². The van der Waals surface area contributed by atoms with Gasteiger partial charge in [-0.2, -0.15) is 0 Å². The van der Waals surface area contributed by atoms with E-state index in [0.717, 1.165) is 5.56 Å². The van der Waals surface area contributed by atoms with Crippen LogP contribution in [0.25, 0.3) is 0 Å². The van der Waals surface area contributed by atoms with Crippen LogP contribution in [0.5, 0.6) is 5.75 Å². The van der Waals surface area contributed by atoms with E-state index in [2.05, 4.69) is 9.97 Å². The van der Waals surface area contributed by atoms with Gasteiger partial charge in [0.05, 0.1) is 13.3 Å². The minimum atomic E-state index is -0.144. The fraction of sp³-hybridized carbons (Fsp3) is 0.154. The summed E-state index contributed by atoms with van der Waals surface area (Å²) in [4.78, 5) is 20.2. The van der Waals surface area contributed by atoms with Crippen LogP contribution in [0.3, 0.4) is 0 Å². The first kappa shape index (κ1) is 11.3. The number of ether oxygens (including phenoxy) is 1. The molecule has 0 atom stereocenters. The summed E-state index contributed by atoms with van der Waals surface area (Å²) >= 11 is 0. The quantitative estimate of drug-likeness (QED) is 0.754. The Labute approximate surface area is 99.3 Å². The Morgan fingerprint density at radius 2 is 2.18 bits per heavy atom. The second-order valence-electron chi connectivity index (χ2n) is 3.61. The van der Waals surface area contributed by atoms with Crippen molar-refractivity contribution in [3.05, 3.63) is 53.6 Å². The van der Waals surface area contributed by atoms with Gasteiger partial charge in [0.1, 0.15) is 11.4 Å². The molecule has 0 unspecified atom stereocenters. The molecule has 0 aromatic carbocycles. The summed E-state index contributed by atoms with van der Waals surface area (Å²) in [6.07, 6.45) is 4.68. The maximum Gasteiger partial charge on any atom is 0.213 e. The van der Waals surface area contributed by atoms with Gasteiger partial charge >= 0.3 is 0 Å². The number of aryl methyl sites for hydroxylation is 1. The van der Waals surface area contributed by atoms with Gasteiger partial charge in [0, 0.05) is 18.0 Å². The molecule has 17 heavy (non-hydrogen) atoms. The number of pyridine rings is 2. The van der Waals surface area contributed by atoms with Crippen LogP contribution in [0.2, 0.25) is 0 Å². The summed E-state index contributed by atoms with van der Waals surface area (Å²) in [5.41, 5.74) is 1.77. The van der Waals surface area contributed by atoms with Crippen molar-refractivity contribution >= 4 is 5.78 Å². The lowest BCUT2D eigenvalue weighted by molar-refractivity contribution is 0.103. The highest BCUT2D eigenvalue weighted by Gasteiger charge is 2.13. The number of rotatable bonds is 3. The van der Waals surface area contributed by atoms with E-state index < -0.39 is 0 Å². The molecule has 0 aliphatic carbocycles. The predicted octanol–water partition coefficient (Wildman–Crippen LogP) is 2.02. The molecule has 2 rings (SSSR count). The minimum absolute atomic E-state index is 0.144. The third kappa shape index (κ3) is 2.30. The lowest BCUT2D eigenvalue weighted by Gasteiger charge is -2.04. The number of nitrogens with zero attached hydrogens (tertiary/aromatic N) is 2. The molecule has 0 spiro atoms. The van der Waals surface area contributed by atoms with Gasteiger partial charge in [0.25, 0.3) is 0 Å². The first-order valence-electron chi connectivity index (χ1n) is 5.17. The van der Waals surface area contributed by atoms with E-state index in [1.54, 1.807) is 24.5 Å². The van der Waals surface area contributed by atoms with Crippen molar-refractivity contribution in [2.45, 2.75) is 6.92 Å². The molecule has 0 aliphatic heterocycles. The summed E-state index contributed by atoms with van der Waals surface area (Å²) in [6.45, 7) is 1.85. The van der Waals surface area contributed by atoms with Gasteiger partial charge in [-0.15, -0.1) is 0 Å². The van der Waals surface area contributed by atoms with Crippen molar-refractivity contribution in [2.24, 2.45) is 0 Å². The van der Waals surface area contributed by atoms with Crippen molar-refractivity contribution < 1.29 is 9.53 Å². The Morgan fingerprint density at radius 1 is 1.35 bits per heavy atom. The van der Waals surface area contributed by atoms with Crippen molar-refractivity contribution in [1.82, 2.24) is 9.97 Å². The molecule has 4 nitrogen and oxygen atoms in total.